The second-order valence-corrected chi connectivity index (χ2v) is 5.34. The molecule has 7 heteroatoms. The van der Waals surface area contributed by atoms with Crippen LogP contribution in [0.3, 0.4) is 0 Å². The predicted molar refractivity (Wildman–Crippen MR) is 83.1 cm³/mol. The van der Waals surface area contributed by atoms with Crippen LogP contribution in [0.5, 0.6) is 11.5 Å². The molecule has 0 amide bonds. The van der Waals surface area contributed by atoms with E-state index in [1.165, 1.54) is 37.4 Å². The van der Waals surface area contributed by atoms with Gasteiger partial charge in [0.1, 0.15) is 11.6 Å². The molecule has 0 aliphatic heterocycles. The van der Waals surface area contributed by atoms with E-state index in [1.54, 1.807) is 0 Å². The summed E-state index contributed by atoms with van der Waals surface area (Å²) in [7, 11) is 1.30. The highest BCUT2D eigenvalue weighted by Gasteiger charge is 2.27. The summed E-state index contributed by atoms with van der Waals surface area (Å²) in [6.07, 6.45) is -5.19. The summed E-state index contributed by atoms with van der Waals surface area (Å²) in [4.78, 5) is 0. The standard InChI is InChI=1S/C18H13F3N2O2/c1-25-16-7-13(9-22)14(15(10-23)17(16)24)6-11-2-4-12(5-3-11)8-18(19,20)21/h2-5,7,24H,6,8H2,1H3. The first-order valence-corrected chi connectivity index (χ1v) is 7.16. The van der Waals surface area contributed by atoms with E-state index in [0.29, 0.717) is 11.1 Å². The Morgan fingerprint density at radius 3 is 2.16 bits per heavy atom. The average Bonchev–Trinajstić information content (AvgIpc) is 2.56. The third kappa shape index (κ3) is 4.21. The Morgan fingerprint density at radius 2 is 1.68 bits per heavy atom. The first-order chi connectivity index (χ1) is 11.8. The van der Waals surface area contributed by atoms with Gasteiger partial charge in [-0.2, -0.15) is 23.7 Å². The number of methoxy groups -OCH3 is 1. The van der Waals surface area contributed by atoms with Crippen LogP contribution in [0.4, 0.5) is 13.2 Å². The van der Waals surface area contributed by atoms with Crippen LogP contribution in [0.1, 0.15) is 27.8 Å². The SMILES string of the molecule is COc1cc(C#N)c(Cc2ccc(CC(F)(F)F)cc2)c(C#N)c1O. The quantitative estimate of drug-likeness (QED) is 0.912. The molecular weight excluding hydrogens is 333 g/mol. The van der Waals surface area contributed by atoms with E-state index in [-0.39, 0.29) is 34.6 Å². The van der Waals surface area contributed by atoms with Crippen LogP contribution in [-0.2, 0) is 12.8 Å². The van der Waals surface area contributed by atoms with Gasteiger partial charge in [0.15, 0.2) is 11.5 Å². The Balaban J connectivity index is 2.39. The first kappa shape index (κ1) is 18.2. The molecular formula is C18H13F3N2O2. The van der Waals surface area contributed by atoms with Crippen molar-refractivity contribution < 1.29 is 23.0 Å². The van der Waals surface area contributed by atoms with E-state index in [9.17, 15) is 28.8 Å². The molecule has 2 aromatic carbocycles. The molecule has 0 fully saturated rings. The van der Waals surface area contributed by atoms with Gasteiger partial charge in [0.25, 0.3) is 0 Å². The third-order valence-corrected chi connectivity index (χ3v) is 3.63. The highest BCUT2D eigenvalue weighted by Crippen LogP contribution is 2.35. The molecule has 0 unspecified atom stereocenters. The van der Waals surface area contributed by atoms with Gasteiger partial charge in [-0.15, -0.1) is 0 Å². The fourth-order valence-corrected chi connectivity index (χ4v) is 2.46. The average molecular weight is 346 g/mol. The minimum absolute atomic E-state index is 0.0115. The number of nitriles is 2. The van der Waals surface area contributed by atoms with Crippen molar-refractivity contribution in [1.82, 2.24) is 0 Å². The van der Waals surface area contributed by atoms with Gasteiger partial charge in [-0.1, -0.05) is 24.3 Å². The molecule has 0 aromatic heterocycles. The minimum Gasteiger partial charge on any atom is -0.503 e. The second kappa shape index (κ2) is 7.14. The molecule has 2 aromatic rings. The number of hydrogen-bond acceptors (Lipinski definition) is 4. The van der Waals surface area contributed by atoms with Crippen LogP contribution in [0.2, 0.25) is 0 Å². The normalized spacial score (nSPS) is 10.8. The van der Waals surface area contributed by atoms with Gasteiger partial charge in [-0.3, -0.25) is 0 Å². The summed E-state index contributed by atoms with van der Waals surface area (Å²) in [5, 5.41) is 28.6. The number of alkyl halides is 3. The number of benzene rings is 2. The van der Waals surface area contributed by atoms with Gasteiger partial charge in [-0.25, -0.2) is 0 Å². The number of hydrogen-bond donors (Lipinski definition) is 1. The molecule has 0 radical (unpaired) electrons. The van der Waals surface area contributed by atoms with Crippen molar-refractivity contribution in [3.8, 4) is 23.6 Å². The zero-order valence-corrected chi connectivity index (χ0v) is 13.2. The highest BCUT2D eigenvalue weighted by atomic mass is 19.4. The Hall–Kier alpha value is -3.19. The smallest absolute Gasteiger partial charge is 0.393 e. The van der Waals surface area contributed by atoms with E-state index in [4.69, 9.17) is 4.74 Å². The Kier molecular flexibility index (Phi) is 5.19. The number of rotatable bonds is 4. The summed E-state index contributed by atoms with van der Waals surface area (Å²) in [5.41, 5.74) is 1.10. The van der Waals surface area contributed by atoms with Crippen LogP contribution in [0, 0.1) is 22.7 Å². The van der Waals surface area contributed by atoms with E-state index < -0.39 is 12.6 Å². The lowest BCUT2D eigenvalue weighted by molar-refractivity contribution is -0.127. The van der Waals surface area contributed by atoms with Crippen molar-refractivity contribution in [3.63, 3.8) is 0 Å². The molecule has 4 nitrogen and oxygen atoms in total. The molecule has 1 N–H and O–H groups in total. The summed E-state index contributed by atoms with van der Waals surface area (Å²) in [5.74, 6) is -0.356. The van der Waals surface area contributed by atoms with Crippen molar-refractivity contribution in [2.75, 3.05) is 7.11 Å². The molecule has 0 aliphatic carbocycles. The molecule has 0 saturated carbocycles. The van der Waals surface area contributed by atoms with Crippen molar-refractivity contribution in [2.45, 2.75) is 19.0 Å². The summed E-state index contributed by atoms with van der Waals surface area (Å²) in [6, 6.07) is 10.8. The summed E-state index contributed by atoms with van der Waals surface area (Å²) in [6.45, 7) is 0. The maximum absolute atomic E-state index is 12.4. The fraction of sp³-hybridized carbons (Fsp3) is 0.222. The summed E-state index contributed by atoms with van der Waals surface area (Å²) < 4.78 is 42.1. The number of aromatic hydroxyl groups is 1. The number of phenols is 1. The summed E-state index contributed by atoms with van der Waals surface area (Å²) >= 11 is 0. The van der Waals surface area contributed by atoms with E-state index in [0.717, 1.165) is 0 Å². The first-order valence-electron chi connectivity index (χ1n) is 7.16. The largest absolute Gasteiger partial charge is 0.503 e. The van der Waals surface area contributed by atoms with Crippen LogP contribution >= 0.6 is 0 Å². The molecule has 0 spiro atoms. The van der Waals surface area contributed by atoms with E-state index >= 15 is 0 Å². The van der Waals surface area contributed by atoms with Gasteiger partial charge in [0.05, 0.1) is 25.2 Å². The van der Waals surface area contributed by atoms with E-state index in [1.807, 2.05) is 12.1 Å². The number of phenolic OH excluding ortho intramolecular Hbond substituents is 1. The van der Waals surface area contributed by atoms with Crippen LogP contribution in [0.15, 0.2) is 30.3 Å². The van der Waals surface area contributed by atoms with Crippen molar-refractivity contribution >= 4 is 0 Å². The predicted octanol–water partition coefficient (Wildman–Crippen LogP) is 3.84. The van der Waals surface area contributed by atoms with Gasteiger partial charge in [-0.05, 0) is 16.7 Å². The highest BCUT2D eigenvalue weighted by molar-refractivity contribution is 5.62. The fourth-order valence-electron chi connectivity index (χ4n) is 2.46. The van der Waals surface area contributed by atoms with Gasteiger partial charge in [0.2, 0.25) is 0 Å². The van der Waals surface area contributed by atoms with Gasteiger partial charge >= 0.3 is 6.18 Å². The van der Waals surface area contributed by atoms with Crippen molar-refractivity contribution in [3.05, 3.63) is 58.1 Å². The Morgan fingerprint density at radius 1 is 1.08 bits per heavy atom. The van der Waals surface area contributed by atoms with Crippen molar-refractivity contribution in [1.29, 1.82) is 10.5 Å². The number of halogens is 3. The van der Waals surface area contributed by atoms with Crippen LogP contribution in [0.25, 0.3) is 0 Å². The number of ether oxygens (including phenoxy) is 1. The van der Waals surface area contributed by atoms with Gasteiger partial charge in [0, 0.05) is 12.5 Å². The zero-order valence-electron chi connectivity index (χ0n) is 13.2. The maximum Gasteiger partial charge on any atom is 0.393 e. The lowest BCUT2D eigenvalue weighted by Gasteiger charge is -2.12. The molecule has 0 atom stereocenters. The van der Waals surface area contributed by atoms with Crippen LogP contribution in [-0.4, -0.2) is 18.4 Å². The molecule has 0 saturated heterocycles. The molecule has 0 aliphatic rings. The second-order valence-electron chi connectivity index (χ2n) is 5.34. The van der Waals surface area contributed by atoms with Crippen LogP contribution < -0.4 is 4.74 Å². The van der Waals surface area contributed by atoms with Gasteiger partial charge < -0.3 is 9.84 Å². The lowest BCUT2D eigenvalue weighted by atomic mass is 9.94. The maximum atomic E-state index is 12.4. The lowest BCUT2D eigenvalue weighted by Crippen LogP contribution is -2.11. The Bertz CT molecular complexity index is 860. The molecule has 0 bridgehead atoms. The zero-order chi connectivity index (χ0) is 18.6. The third-order valence-electron chi connectivity index (χ3n) is 3.63. The minimum atomic E-state index is -4.29. The molecule has 128 valence electrons. The molecule has 25 heavy (non-hydrogen) atoms. The monoisotopic (exact) mass is 346 g/mol. The topological polar surface area (TPSA) is 77.0 Å². The Labute approximate surface area is 142 Å². The molecule has 0 heterocycles. The van der Waals surface area contributed by atoms with Crippen molar-refractivity contribution in [2.24, 2.45) is 0 Å². The molecule has 2 rings (SSSR count). The number of nitrogens with zero attached hydrogens (tertiary/aromatic N) is 2. The van der Waals surface area contributed by atoms with E-state index in [2.05, 4.69) is 0 Å².